The van der Waals surface area contributed by atoms with Gasteiger partial charge in [0, 0.05) is 26.2 Å². The van der Waals surface area contributed by atoms with E-state index in [0.717, 1.165) is 50.3 Å². The zero-order chi connectivity index (χ0) is 23.4. The van der Waals surface area contributed by atoms with E-state index in [1.54, 1.807) is 18.4 Å². The van der Waals surface area contributed by atoms with Gasteiger partial charge in [0.05, 0.1) is 12.5 Å². The average molecular weight is 471 g/mol. The van der Waals surface area contributed by atoms with Crippen LogP contribution in [0.4, 0.5) is 13.2 Å². The van der Waals surface area contributed by atoms with Crippen molar-refractivity contribution < 1.29 is 32.6 Å². The van der Waals surface area contributed by atoms with E-state index in [4.69, 9.17) is 14.6 Å². The molecule has 32 heavy (non-hydrogen) atoms. The quantitative estimate of drug-likeness (QED) is 0.715. The lowest BCUT2D eigenvalue weighted by Crippen LogP contribution is -2.36. The number of aliphatic carboxylic acids is 1. The van der Waals surface area contributed by atoms with Gasteiger partial charge in [-0.05, 0) is 59.5 Å². The molecular formula is C22H25F3N2O4S. The van der Waals surface area contributed by atoms with E-state index >= 15 is 0 Å². The summed E-state index contributed by atoms with van der Waals surface area (Å²) in [6.45, 7) is 4.43. The number of carboxylic acids is 1. The van der Waals surface area contributed by atoms with Crippen LogP contribution in [0.2, 0.25) is 0 Å². The molecule has 2 fully saturated rings. The van der Waals surface area contributed by atoms with Gasteiger partial charge in [-0.2, -0.15) is 24.5 Å². The fourth-order valence-corrected chi connectivity index (χ4v) is 4.81. The highest BCUT2D eigenvalue weighted by Gasteiger charge is 2.50. The number of ether oxygens (including phenoxy) is 1. The first kappa shape index (κ1) is 24.1. The second-order valence-corrected chi connectivity index (χ2v) is 8.78. The number of carbonyl (C=O) groups is 2. The minimum absolute atomic E-state index is 0.158. The minimum Gasteiger partial charge on any atom is -0.497 e. The molecule has 3 heterocycles. The highest BCUT2D eigenvalue weighted by molar-refractivity contribution is 7.07. The predicted octanol–water partition coefficient (Wildman–Crippen LogP) is 4.01. The molecule has 1 N–H and O–H groups in total. The number of thiophene rings is 1. The minimum atomic E-state index is -5.08. The molecule has 1 atom stereocenters. The van der Waals surface area contributed by atoms with Gasteiger partial charge >= 0.3 is 12.1 Å². The van der Waals surface area contributed by atoms with Crippen LogP contribution in [0, 0.1) is 5.41 Å². The second-order valence-electron chi connectivity index (χ2n) is 8.00. The molecule has 2 aromatic rings. The second kappa shape index (κ2) is 9.91. The predicted molar refractivity (Wildman–Crippen MR) is 113 cm³/mol. The number of hydrogen-bond acceptors (Lipinski definition) is 5. The molecule has 10 heteroatoms. The number of methoxy groups -OCH3 is 1. The monoisotopic (exact) mass is 470 g/mol. The van der Waals surface area contributed by atoms with Crippen molar-refractivity contribution >= 4 is 23.2 Å². The smallest absolute Gasteiger partial charge is 0.490 e. The Morgan fingerprint density at radius 2 is 1.91 bits per heavy atom. The number of likely N-dealkylation sites (tertiary alicyclic amines) is 2. The van der Waals surface area contributed by atoms with Gasteiger partial charge < -0.3 is 14.7 Å². The normalized spacial score (nSPS) is 21.0. The van der Waals surface area contributed by atoms with Crippen LogP contribution in [0.3, 0.4) is 0 Å². The highest BCUT2D eigenvalue weighted by atomic mass is 32.1. The van der Waals surface area contributed by atoms with Crippen LogP contribution in [-0.2, 0) is 22.7 Å². The number of carboxylic acid groups (broad SMARTS) is 1. The fourth-order valence-electron chi connectivity index (χ4n) is 4.15. The third-order valence-electron chi connectivity index (χ3n) is 5.77. The zero-order valence-corrected chi connectivity index (χ0v) is 18.4. The summed E-state index contributed by atoms with van der Waals surface area (Å²) in [6.07, 6.45) is -3.11. The summed E-state index contributed by atoms with van der Waals surface area (Å²) in [5.74, 6) is -1.57. The van der Waals surface area contributed by atoms with Crippen molar-refractivity contribution in [3.8, 4) is 5.75 Å². The summed E-state index contributed by atoms with van der Waals surface area (Å²) < 4.78 is 37.0. The van der Waals surface area contributed by atoms with Crippen molar-refractivity contribution in [2.45, 2.75) is 32.1 Å². The molecule has 2 saturated heterocycles. The molecule has 0 aliphatic carbocycles. The van der Waals surface area contributed by atoms with Crippen molar-refractivity contribution in [3.05, 3.63) is 52.2 Å². The maximum Gasteiger partial charge on any atom is 0.490 e. The number of rotatable bonds is 5. The Morgan fingerprint density at radius 3 is 2.53 bits per heavy atom. The molecule has 0 radical (unpaired) electrons. The van der Waals surface area contributed by atoms with Crippen molar-refractivity contribution in [2.75, 3.05) is 26.7 Å². The lowest BCUT2D eigenvalue weighted by molar-refractivity contribution is -0.192. The zero-order valence-electron chi connectivity index (χ0n) is 17.6. The van der Waals surface area contributed by atoms with Crippen LogP contribution in [0.1, 0.15) is 24.0 Å². The summed E-state index contributed by atoms with van der Waals surface area (Å²) in [6, 6.07) is 10.2. The number of alkyl halides is 3. The third-order valence-corrected chi connectivity index (χ3v) is 6.50. The van der Waals surface area contributed by atoms with Crippen molar-refractivity contribution in [1.29, 1.82) is 0 Å². The van der Waals surface area contributed by atoms with Crippen molar-refractivity contribution in [2.24, 2.45) is 5.41 Å². The van der Waals surface area contributed by atoms with Gasteiger partial charge in [0.1, 0.15) is 5.75 Å². The van der Waals surface area contributed by atoms with E-state index in [0.29, 0.717) is 12.5 Å². The molecule has 0 saturated carbocycles. The maximum atomic E-state index is 13.1. The molecular weight excluding hydrogens is 445 g/mol. The molecule has 0 bridgehead atoms. The van der Waals surface area contributed by atoms with E-state index in [1.807, 2.05) is 23.1 Å². The standard InChI is InChI=1S/C20H24N2O2S.C2HF3O2/c1-24-18-4-2-3-16(11-18)13-22-9-7-20(19(22)23)6-8-21(15-20)12-17-5-10-25-14-17;3-2(4,5)1(6)7/h2-5,10-11,14H,6-9,12-13,15H2,1H3;(H,6,7). The molecule has 1 aromatic carbocycles. The molecule has 1 aromatic heterocycles. The first-order valence-electron chi connectivity index (χ1n) is 10.1. The third kappa shape index (κ3) is 5.80. The average Bonchev–Trinajstić information content (AvgIpc) is 3.47. The largest absolute Gasteiger partial charge is 0.497 e. The molecule has 1 amide bonds. The Morgan fingerprint density at radius 1 is 1.19 bits per heavy atom. The summed E-state index contributed by atoms with van der Waals surface area (Å²) in [4.78, 5) is 26.5. The van der Waals surface area contributed by atoms with Gasteiger partial charge in [-0.3, -0.25) is 9.69 Å². The Kier molecular flexibility index (Phi) is 7.45. The first-order chi connectivity index (χ1) is 15.1. The Hall–Kier alpha value is -2.59. The van der Waals surface area contributed by atoms with E-state index in [2.05, 4.69) is 27.8 Å². The first-order valence-corrected chi connectivity index (χ1v) is 11.0. The van der Waals surface area contributed by atoms with Crippen LogP contribution in [0.25, 0.3) is 0 Å². The Bertz CT molecular complexity index is 936. The van der Waals surface area contributed by atoms with Crippen molar-refractivity contribution in [1.82, 2.24) is 9.80 Å². The summed E-state index contributed by atoms with van der Waals surface area (Å²) in [7, 11) is 1.68. The van der Waals surface area contributed by atoms with Gasteiger partial charge in [0.25, 0.3) is 0 Å². The van der Waals surface area contributed by atoms with Crippen LogP contribution < -0.4 is 4.74 Å². The van der Waals surface area contributed by atoms with E-state index in [9.17, 15) is 18.0 Å². The van der Waals surface area contributed by atoms with Crippen molar-refractivity contribution in [3.63, 3.8) is 0 Å². The SMILES string of the molecule is COc1cccc(CN2CCC3(CCN(Cc4ccsc4)C3)C2=O)c1.O=C(O)C(F)(F)F. The van der Waals surface area contributed by atoms with Gasteiger partial charge in [0.2, 0.25) is 5.91 Å². The van der Waals surface area contributed by atoms with Crippen LogP contribution in [0.5, 0.6) is 5.75 Å². The van der Waals surface area contributed by atoms with Gasteiger partial charge in [-0.15, -0.1) is 0 Å². The molecule has 1 spiro atoms. The number of hydrogen-bond donors (Lipinski definition) is 1. The van der Waals surface area contributed by atoms with Crippen LogP contribution in [0.15, 0.2) is 41.1 Å². The lowest BCUT2D eigenvalue weighted by atomic mass is 9.85. The van der Waals surface area contributed by atoms with E-state index in [1.165, 1.54) is 5.56 Å². The molecule has 1 unspecified atom stereocenters. The summed E-state index contributed by atoms with van der Waals surface area (Å²) >= 11 is 1.74. The van der Waals surface area contributed by atoms with Gasteiger partial charge in [-0.25, -0.2) is 4.79 Å². The molecule has 4 rings (SSSR count). The number of halogens is 3. The molecule has 6 nitrogen and oxygen atoms in total. The van der Waals surface area contributed by atoms with Gasteiger partial charge in [0.15, 0.2) is 0 Å². The summed E-state index contributed by atoms with van der Waals surface area (Å²) in [5.41, 5.74) is 2.34. The highest BCUT2D eigenvalue weighted by Crippen LogP contribution is 2.41. The Labute approximate surface area is 188 Å². The number of benzene rings is 1. The van der Waals surface area contributed by atoms with E-state index < -0.39 is 12.1 Å². The fraction of sp³-hybridized carbons (Fsp3) is 0.455. The summed E-state index contributed by atoms with van der Waals surface area (Å²) in [5, 5.41) is 11.5. The van der Waals surface area contributed by atoms with Gasteiger partial charge in [-0.1, -0.05) is 12.1 Å². The van der Waals surface area contributed by atoms with E-state index in [-0.39, 0.29) is 5.41 Å². The number of amides is 1. The topological polar surface area (TPSA) is 70.1 Å². The molecule has 2 aliphatic rings. The molecule has 2 aliphatic heterocycles. The molecule has 174 valence electrons. The van der Waals surface area contributed by atoms with Crippen LogP contribution >= 0.6 is 11.3 Å². The van der Waals surface area contributed by atoms with Crippen LogP contribution in [-0.4, -0.2) is 59.7 Å². The lowest BCUT2D eigenvalue weighted by Gasteiger charge is -2.24. The number of carbonyl (C=O) groups excluding carboxylic acids is 1. The maximum absolute atomic E-state index is 13.1. The number of nitrogens with zero attached hydrogens (tertiary/aromatic N) is 2. The Balaban J connectivity index is 0.000000360.